The molecular formula is C13H9ClN2O2S. The molecule has 1 heterocycles. The number of hydrogen-bond donors (Lipinski definition) is 1. The van der Waals surface area contributed by atoms with Crippen molar-refractivity contribution in [3.8, 4) is 5.75 Å². The molecule has 0 atom stereocenters. The highest BCUT2D eigenvalue weighted by molar-refractivity contribution is 7.80. The van der Waals surface area contributed by atoms with Gasteiger partial charge in [-0.05, 0) is 24.3 Å². The van der Waals surface area contributed by atoms with Crippen molar-refractivity contribution in [2.45, 2.75) is 0 Å². The number of rotatable bonds is 2. The van der Waals surface area contributed by atoms with Crippen molar-refractivity contribution in [1.82, 2.24) is 10.3 Å². The molecule has 0 saturated heterocycles. The number of hydrogen-bond acceptors (Lipinski definition) is 4. The number of carbonyl (C=O) groups excluding carboxylic acids is 1. The molecular weight excluding hydrogens is 284 g/mol. The van der Waals surface area contributed by atoms with E-state index in [1.54, 1.807) is 48.8 Å². The summed E-state index contributed by atoms with van der Waals surface area (Å²) in [7, 11) is 0. The Bertz CT molecular complexity index is 605. The second-order valence-electron chi connectivity index (χ2n) is 3.52. The summed E-state index contributed by atoms with van der Waals surface area (Å²) in [6.45, 7) is 0. The van der Waals surface area contributed by atoms with Crippen molar-refractivity contribution < 1.29 is 9.53 Å². The van der Waals surface area contributed by atoms with Crippen LogP contribution in [0.25, 0.3) is 0 Å². The molecule has 1 N–H and O–H groups in total. The topological polar surface area (TPSA) is 51.2 Å². The second kappa shape index (κ2) is 6.26. The van der Waals surface area contributed by atoms with Crippen molar-refractivity contribution in [3.63, 3.8) is 0 Å². The molecule has 96 valence electrons. The van der Waals surface area contributed by atoms with Crippen LogP contribution in [0, 0.1) is 0 Å². The molecule has 19 heavy (non-hydrogen) atoms. The molecule has 0 radical (unpaired) electrons. The number of para-hydroxylation sites is 1. The van der Waals surface area contributed by atoms with Crippen LogP contribution in [0.4, 0.5) is 4.79 Å². The van der Waals surface area contributed by atoms with E-state index < -0.39 is 6.09 Å². The molecule has 6 heteroatoms. The monoisotopic (exact) mass is 292 g/mol. The van der Waals surface area contributed by atoms with E-state index in [0.717, 1.165) is 0 Å². The summed E-state index contributed by atoms with van der Waals surface area (Å²) in [5.41, 5.74) is 0.633. The van der Waals surface area contributed by atoms with Gasteiger partial charge in [-0.1, -0.05) is 36.0 Å². The van der Waals surface area contributed by atoms with Crippen molar-refractivity contribution >= 4 is 34.9 Å². The van der Waals surface area contributed by atoms with E-state index in [-0.39, 0.29) is 10.7 Å². The minimum absolute atomic E-state index is 0.241. The van der Waals surface area contributed by atoms with Crippen molar-refractivity contribution in [3.05, 3.63) is 59.4 Å². The molecule has 0 bridgehead atoms. The summed E-state index contributed by atoms with van der Waals surface area (Å²) < 4.78 is 5.05. The lowest BCUT2D eigenvalue weighted by atomic mass is 10.3. The lowest BCUT2D eigenvalue weighted by molar-refractivity contribution is 0.206. The van der Waals surface area contributed by atoms with Gasteiger partial charge in [0.2, 0.25) is 0 Å². The maximum absolute atomic E-state index is 11.6. The highest BCUT2D eigenvalue weighted by atomic mass is 35.5. The largest absolute Gasteiger partial charge is 0.417 e. The number of carbonyl (C=O) groups is 1. The lowest BCUT2D eigenvalue weighted by Crippen LogP contribution is -2.32. The van der Waals surface area contributed by atoms with E-state index in [2.05, 4.69) is 10.3 Å². The van der Waals surface area contributed by atoms with E-state index >= 15 is 0 Å². The zero-order valence-electron chi connectivity index (χ0n) is 9.67. The zero-order valence-corrected chi connectivity index (χ0v) is 11.2. The Morgan fingerprint density at radius 2 is 2.05 bits per heavy atom. The van der Waals surface area contributed by atoms with Gasteiger partial charge in [0.25, 0.3) is 0 Å². The molecule has 4 nitrogen and oxygen atoms in total. The van der Waals surface area contributed by atoms with Gasteiger partial charge in [-0.25, -0.2) is 4.79 Å². The molecule has 0 fully saturated rings. The molecule has 1 aromatic heterocycles. The fourth-order valence-corrected chi connectivity index (χ4v) is 1.69. The third-order valence-electron chi connectivity index (χ3n) is 2.18. The van der Waals surface area contributed by atoms with Crippen LogP contribution in [0.5, 0.6) is 5.75 Å². The minimum atomic E-state index is -0.693. The number of thiocarbonyl (C=S) groups is 1. The summed E-state index contributed by atoms with van der Waals surface area (Å²) in [6, 6.07) is 10.1. The third-order valence-corrected chi connectivity index (χ3v) is 2.83. The van der Waals surface area contributed by atoms with Gasteiger partial charge >= 0.3 is 6.09 Å². The first kappa shape index (κ1) is 13.5. The van der Waals surface area contributed by atoms with Gasteiger partial charge in [0.05, 0.1) is 5.02 Å². The predicted octanol–water partition coefficient (Wildman–Crippen LogP) is 3.20. The number of pyridine rings is 1. The van der Waals surface area contributed by atoms with Gasteiger partial charge in [-0.3, -0.25) is 10.3 Å². The van der Waals surface area contributed by atoms with Gasteiger partial charge in [0, 0.05) is 18.0 Å². The lowest BCUT2D eigenvalue weighted by Gasteiger charge is -2.08. The summed E-state index contributed by atoms with van der Waals surface area (Å²) >= 11 is 10.9. The fourth-order valence-electron chi connectivity index (χ4n) is 1.31. The average molecular weight is 293 g/mol. The first-order chi connectivity index (χ1) is 9.16. The number of aromatic nitrogens is 1. The molecule has 2 rings (SSSR count). The number of halogens is 1. The first-order valence-electron chi connectivity index (χ1n) is 5.34. The van der Waals surface area contributed by atoms with E-state index in [9.17, 15) is 4.79 Å². The molecule has 1 amide bonds. The van der Waals surface area contributed by atoms with Crippen LogP contribution < -0.4 is 10.1 Å². The van der Waals surface area contributed by atoms with Gasteiger partial charge < -0.3 is 4.74 Å². The molecule has 0 aliphatic carbocycles. The molecule has 0 spiro atoms. The Labute approximate surface area is 120 Å². The summed E-state index contributed by atoms with van der Waals surface area (Å²) in [6.07, 6.45) is 2.48. The van der Waals surface area contributed by atoms with Crippen molar-refractivity contribution in [2.75, 3.05) is 0 Å². The zero-order chi connectivity index (χ0) is 13.7. The van der Waals surface area contributed by atoms with Crippen LogP contribution >= 0.6 is 23.8 Å². The summed E-state index contributed by atoms with van der Waals surface area (Å²) in [5.74, 6) is 0.274. The standard InChI is InChI=1S/C13H9ClN2O2S/c14-10-5-1-2-6-11(10)18-13(17)16-12(19)9-4-3-7-15-8-9/h1-8H,(H,16,17,19). The number of ether oxygens (including phenoxy) is 1. The number of amides is 1. The SMILES string of the molecule is O=C(NC(=S)c1cccnc1)Oc1ccccc1Cl. The Morgan fingerprint density at radius 3 is 2.74 bits per heavy atom. The van der Waals surface area contributed by atoms with Crippen LogP contribution in [0.15, 0.2) is 48.8 Å². The highest BCUT2D eigenvalue weighted by Gasteiger charge is 2.10. The number of nitrogens with zero attached hydrogens (tertiary/aromatic N) is 1. The molecule has 0 aliphatic heterocycles. The number of benzene rings is 1. The van der Waals surface area contributed by atoms with E-state index in [1.807, 2.05) is 0 Å². The Morgan fingerprint density at radius 1 is 1.26 bits per heavy atom. The molecule has 2 aromatic rings. The Balaban J connectivity index is 1.99. The van der Waals surface area contributed by atoms with E-state index in [4.69, 9.17) is 28.6 Å². The van der Waals surface area contributed by atoms with Crippen molar-refractivity contribution in [2.24, 2.45) is 0 Å². The summed E-state index contributed by atoms with van der Waals surface area (Å²) in [4.78, 5) is 15.8. The predicted molar refractivity (Wildman–Crippen MR) is 76.5 cm³/mol. The van der Waals surface area contributed by atoms with E-state index in [0.29, 0.717) is 10.6 Å². The Hall–Kier alpha value is -1.98. The van der Waals surface area contributed by atoms with Crippen LogP contribution in [0.2, 0.25) is 5.02 Å². The minimum Gasteiger partial charge on any atom is -0.408 e. The highest BCUT2D eigenvalue weighted by Crippen LogP contribution is 2.23. The van der Waals surface area contributed by atoms with Gasteiger partial charge in [0.15, 0.2) is 5.75 Å². The maximum Gasteiger partial charge on any atom is 0.417 e. The normalized spacial score (nSPS) is 9.74. The summed E-state index contributed by atoms with van der Waals surface area (Å²) in [5, 5.41) is 2.80. The quantitative estimate of drug-likeness (QED) is 0.864. The maximum atomic E-state index is 11.6. The molecule has 0 saturated carbocycles. The van der Waals surface area contributed by atoms with Crippen LogP contribution in [-0.4, -0.2) is 16.1 Å². The van der Waals surface area contributed by atoms with E-state index in [1.165, 1.54) is 0 Å². The third kappa shape index (κ3) is 3.74. The smallest absolute Gasteiger partial charge is 0.408 e. The number of nitrogens with one attached hydrogen (secondary N) is 1. The average Bonchev–Trinajstić information content (AvgIpc) is 2.42. The molecule has 0 unspecified atom stereocenters. The molecule has 0 aliphatic rings. The van der Waals surface area contributed by atoms with Gasteiger partial charge in [-0.15, -0.1) is 0 Å². The second-order valence-corrected chi connectivity index (χ2v) is 4.33. The molecule has 1 aromatic carbocycles. The van der Waals surface area contributed by atoms with Gasteiger partial charge in [-0.2, -0.15) is 0 Å². The van der Waals surface area contributed by atoms with Crippen LogP contribution in [0.3, 0.4) is 0 Å². The first-order valence-corrected chi connectivity index (χ1v) is 6.13. The van der Waals surface area contributed by atoms with Crippen LogP contribution in [-0.2, 0) is 0 Å². The van der Waals surface area contributed by atoms with Gasteiger partial charge in [0.1, 0.15) is 4.99 Å². The van der Waals surface area contributed by atoms with Crippen molar-refractivity contribution in [1.29, 1.82) is 0 Å². The fraction of sp³-hybridized carbons (Fsp3) is 0. The van der Waals surface area contributed by atoms with Crippen LogP contribution in [0.1, 0.15) is 5.56 Å². The Kier molecular flexibility index (Phi) is 4.43.